The lowest BCUT2D eigenvalue weighted by atomic mass is 9.73. The molecular formula is C11H15N2O4-. The van der Waals surface area contributed by atoms with Gasteiger partial charge in [-0.2, -0.15) is 0 Å². The van der Waals surface area contributed by atoms with Gasteiger partial charge in [-0.1, -0.05) is 19.8 Å². The summed E-state index contributed by atoms with van der Waals surface area (Å²) < 4.78 is 0. The van der Waals surface area contributed by atoms with Crippen LogP contribution in [0, 0.1) is 5.92 Å². The van der Waals surface area contributed by atoms with Crippen LogP contribution in [0.25, 0.3) is 0 Å². The molecule has 1 aliphatic heterocycles. The van der Waals surface area contributed by atoms with Crippen LogP contribution in [0.15, 0.2) is 0 Å². The van der Waals surface area contributed by atoms with Gasteiger partial charge in [-0.15, -0.1) is 0 Å². The van der Waals surface area contributed by atoms with Crippen LogP contribution in [-0.2, 0) is 9.59 Å². The molecule has 0 unspecified atom stereocenters. The van der Waals surface area contributed by atoms with Crippen molar-refractivity contribution in [1.82, 2.24) is 10.2 Å². The van der Waals surface area contributed by atoms with E-state index in [0.717, 1.165) is 24.2 Å². The minimum absolute atomic E-state index is 0.0412. The molecule has 1 heterocycles. The van der Waals surface area contributed by atoms with Gasteiger partial charge in [0.25, 0.3) is 5.91 Å². The smallest absolute Gasteiger partial charge is 0.325 e. The number of hydrogen-bond donors (Lipinski definition) is 1. The lowest BCUT2D eigenvalue weighted by Gasteiger charge is -2.36. The average Bonchev–Trinajstić information content (AvgIpc) is 2.48. The zero-order valence-corrected chi connectivity index (χ0v) is 9.69. The van der Waals surface area contributed by atoms with E-state index in [4.69, 9.17) is 0 Å². The summed E-state index contributed by atoms with van der Waals surface area (Å²) in [6.07, 6.45) is 3.36. The second kappa shape index (κ2) is 4.01. The van der Waals surface area contributed by atoms with Gasteiger partial charge in [0.1, 0.15) is 5.54 Å². The van der Waals surface area contributed by atoms with E-state index in [-0.39, 0.29) is 5.92 Å². The quantitative estimate of drug-likeness (QED) is 0.641. The normalized spacial score (nSPS) is 33.0. The Kier molecular flexibility index (Phi) is 2.81. The Labute approximate surface area is 99.0 Å². The molecule has 1 N–H and O–H groups in total. The largest absolute Gasteiger partial charge is 0.548 e. The maximum absolute atomic E-state index is 12.2. The highest BCUT2D eigenvalue weighted by Gasteiger charge is 2.54. The first kappa shape index (κ1) is 11.9. The van der Waals surface area contributed by atoms with Gasteiger partial charge in [0.2, 0.25) is 0 Å². The SMILES string of the molecule is C[C@H]1CCCC[C@@]12NC(=O)N(CC(=O)[O-])C2=O. The molecule has 1 saturated carbocycles. The van der Waals surface area contributed by atoms with Crippen LogP contribution in [0.5, 0.6) is 0 Å². The average molecular weight is 239 g/mol. The number of carbonyl (C=O) groups is 3. The van der Waals surface area contributed by atoms with Gasteiger partial charge in [0, 0.05) is 0 Å². The highest BCUT2D eigenvalue weighted by molar-refractivity contribution is 6.08. The molecule has 0 aromatic rings. The highest BCUT2D eigenvalue weighted by Crippen LogP contribution is 2.37. The lowest BCUT2D eigenvalue weighted by molar-refractivity contribution is -0.305. The summed E-state index contributed by atoms with van der Waals surface area (Å²) in [4.78, 5) is 35.1. The van der Waals surface area contributed by atoms with E-state index in [1.54, 1.807) is 0 Å². The fraction of sp³-hybridized carbons (Fsp3) is 0.727. The number of aliphatic carboxylic acids is 1. The zero-order valence-electron chi connectivity index (χ0n) is 9.69. The molecule has 2 aliphatic rings. The first-order valence-corrected chi connectivity index (χ1v) is 5.81. The Morgan fingerprint density at radius 2 is 2.24 bits per heavy atom. The molecule has 3 amide bonds. The Balaban J connectivity index is 2.24. The second-order valence-corrected chi connectivity index (χ2v) is 4.81. The summed E-state index contributed by atoms with van der Waals surface area (Å²) >= 11 is 0. The van der Waals surface area contributed by atoms with Crippen molar-refractivity contribution in [2.75, 3.05) is 6.54 Å². The summed E-state index contributed by atoms with van der Waals surface area (Å²) in [7, 11) is 0. The third-order valence-electron chi connectivity index (χ3n) is 3.79. The molecule has 1 saturated heterocycles. The number of rotatable bonds is 2. The molecule has 0 bridgehead atoms. The van der Waals surface area contributed by atoms with Crippen molar-refractivity contribution in [1.29, 1.82) is 0 Å². The second-order valence-electron chi connectivity index (χ2n) is 4.81. The van der Waals surface area contributed by atoms with Crippen LogP contribution in [0.2, 0.25) is 0 Å². The molecule has 94 valence electrons. The van der Waals surface area contributed by atoms with Gasteiger partial charge in [0.05, 0.1) is 12.5 Å². The predicted molar refractivity (Wildman–Crippen MR) is 55.6 cm³/mol. The number of nitrogens with one attached hydrogen (secondary N) is 1. The predicted octanol–water partition coefficient (Wildman–Crippen LogP) is -0.763. The Morgan fingerprint density at radius 1 is 1.53 bits per heavy atom. The molecule has 0 aromatic carbocycles. The first-order chi connectivity index (χ1) is 7.97. The third-order valence-corrected chi connectivity index (χ3v) is 3.79. The van der Waals surface area contributed by atoms with Crippen molar-refractivity contribution < 1.29 is 19.5 Å². The lowest BCUT2D eigenvalue weighted by Crippen LogP contribution is -2.54. The highest BCUT2D eigenvalue weighted by atomic mass is 16.4. The van der Waals surface area contributed by atoms with Crippen molar-refractivity contribution in [3.8, 4) is 0 Å². The van der Waals surface area contributed by atoms with Gasteiger partial charge >= 0.3 is 6.03 Å². The molecule has 0 aromatic heterocycles. The number of hydrogen-bond acceptors (Lipinski definition) is 4. The third kappa shape index (κ3) is 1.77. The summed E-state index contributed by atoms with van der Waals surface area (Å²) in [5.74, 6) is -1.80. The van der Waals surface area contributed by atoms with Crippen molar-refractivity contribution in [3.63, 3.8) is 0 Å². The van der Waals surface area contributed by atoms with E-state index in [9.17, 15) is 19.5 Å². The van der Waals surface area contributed by atoms with Crippen molar-refractivity contribution >= 4 is 17.9 Å². The maximum Gasteiger partial charge on any atom is 0.325 e. The summed E-state index contributed by atoms with van der Waals surface area (Å²) in [5, 5.41) is 13.2. The maximum atomic E-state index is 12.2. The van der Waals surface area contributed by atoms with Gasteiger partial charge < -0.3 is 15.2 Å². The topological polar surface area (TPSA) is 89.5 Å². The standard InChI is InChI=1S/C11H16N2O4/c1-7-4-2-3-5-11(7)9(16)13(6-8(14)15)10(17)12-11/h7H,2-6H2,1H3,(H,12,17)(H,14,15)/p-1/t7-,11+/m0/s1. The van der Waals surface area contributed by atoms with Crippen LogP contribution in [0.4, 0.5) is 4.79 Å². The molecule has 6 nitrogen and oxygen atoms in total. The molecule has 1 aliphatic carbocycles. The Morgan fingerprint density at radius 3 is 2.82 bits per heavy atom. The van der Waals surface area contributed by atoms with Crippen LogP contribution in [-0.4, -0.2) is 34.9 Å². The Hall–Kier alpha value is -1.59. The monoisotopic (exact) mass is 239 g/mol. The zero-order chi connectivity index (χ0) is 12.6. The van der Waals surface area contributed by atoms with Gasteiger partial charge in [-0.3, -0.25) is 9.69 Å². The number of amides is 3. The molecule has 0 radical (unpaired) electrons. The van der Waals surface area contributed by atoms with Crippen LogP contribution < -0.4 is 10.4 Å². The molecule has 17 heavy (non-hydrogen) atoms. The van der Waals surface area contributed by atoms with E-state index in [2.05, 4.69) is 5.32 Å². The van der Waals surface area contributed by atoms with Crippen LogP contribution in [0.1, 0.15) is 32.6 Å². The molecular weight excluding hydrogens is 224 g/mol. The first-order valence-electron chi connectivity index (χ1n) is 5.81. The van der Waals surface area contributed by atoms with Crippen molar-refractivity contribution in [2.45, 2.75) is 38.1 Å². The minimum Gasteiger partial charge on any atom is -0.548 e. The molecule has 2 rings (SSSR count). The van der Waals surface area contributed by atoms with E-state index in [0.29, 0.717) is 6.42 Å². The fourth-order valence-electron chi connectivity index (χ4n) is 2.77. The summed E-state index contributed by atoms with van der Waals surface area (Å²) in [6.45, 7) is 1.25. The number of nitrogens with zero attached hydrogens (tertiary/aromatic N) is 1. The molecule has 2 fully saturated rings. The number of carboxylic acid groups (broad SMARTS) is 1. The van der Waals surface area contributed by atoms with Crippen molar-refractivity contribution in [3.05, 3.63) is 0 Å². The summed E-state index contributed by atoms with van der Waals surface area (Å²) in [5.41, 5.74) is -0.884. The molecule has 6 heteroatoms. The van der Waals surface area contributed by atoms with E-state index < -0.39 is 30.0 Å². The van der Waals surface area contributed by atoms with Gasteiger partial charge in [-0.05, 0) is 18.8 Å². The van der Waals surface area contributed by atoms with Crippen molar-refractivity contribution in [2.24, 2.45) is 5.92 Å². The number of carboxylic acids is 1. The van der Waals surface area contributed by atoms with E-state index in [1.807, 2.05) is 6.92 Å². The minimum atomic E-state index is -1.42. The summed E-state index contributed by atoms with van der Waals surface area (Å²) in [6, 6.07) is -0.618. The van der Waals surface area contributed by atoms with Gasteiger partial charge in [-0.25, -0.2) is 4.79 Å². The molecule has 2 atom stereocenters. The Bertz CT molecular complexity index is 382. The van der Waals surface area contributed by atoms with E-state index >= 15 is 0 Å². The van der Waals surface area contributed by atoms with E-state index in [1.165, 1.54) is 0 Å². The number of urea groups is 1. The molecule has 1 spiro atoms. The number of carbonyl (C=O) groups excluding carboxylic acids is 3. The van der Waals surface area contributed by atoms with Gasteiger partial charge in [0.15, 0.2) is 0 Å². The van der Waals surface area contributed by atoms with Crippen LogP contribution >= 0.6 is 0 Å². The fourth-order valence-corrected chi connectivity index (χ4v) is 2.77. The number of imide groups is 1. The van der Waals surface area contributed by atoms with Crippen LogP contribution in [0.3, 0.4) is 0 Å².